The number of halogens is 3. The van der Waals surface area contributed by atoms with E-state index in [1.807, 2.05) is 32.9 Å². The number of nitrogens with zero attached hydrogens (tertiary/aromatic N) is 3. The first-order valence-corrected chi connectivity index (χ1v) is 8.63. The first kappa shape index (κ1) is 19.6. The van der Waals surface area contributed by atoms with Crippen LogP contribution in [-0.4, -0.2) is 20.5 Å². The van der Waals surface area contributed by atoms with Gasteiger partial charge in [0.15, 0.2) is 0 Å². The van der Waals surface area contributed by atoms with Gasteiger partial charge in [-0.2, -0.15) is 18.2 Å². The zero-order valence-corrected chi connectivity index (χ0v) is 15.7. The molecule has 1 aromatic carbocycles. The minimum absolute atomic E-state index is 0.269. The van der Waals surface area contributed by atoms with Crippen molar-refractivity contribution in [2.75, 3.05) is 10.6 Å². The molecule has 0 bridgehead atoms. The summed E-state index contributed by atoms with van der Waals surface area (Å²) in [6.45, 7) is 5.94. The Kier molecular flexibility index (Phi) is 5.22. The summed E-state index contributed by atoms with van der Waals surface area (Å²) >= 11 is 0. The molecule has 0 unspecified atom stereocenters. The fourth-order valence-corrected chi connectivity index (χ4v) is 2.44. The topological polar surface area (TPSA) is 62.7 Å². The van der Waals surface area contributed by atoms with E-state index in [0.29, 0.717) is 28.8 Å². The van der Waals surface area contributed by atoms with Crippen LogP contribution < -0.4 is 10.6 Å². The number of nitrogens with one attached hydrogen (secondary N) is 2. The van der Waals surface area contributed by atoms with Crippen LogP contribution in [0.25, 0.3) is 11.4 Å². The van der Waals surface area contributed by atoms with Crippen LogP contribution in [-0.2, 0) is 6.18 Å². The summed E-state index contributed by atoms with van der Waals surface area (Å²) in [6.07, 6.45) is -2.71. The molecular formula is C20H20F3N5. The summed E-state index contributed by atoms with van der Waals surface area (Å²) in [4.78, 5) is 13.2. The quantitative estimate of drug-likeness (QED) is 0.618. The molecule has 2 N–H and O–H groups in total. The fraction of sp³-hybridized carbons (Fsp3) is 0.250. The number of hydrogen-bond donors (Lipinski definition) is 2. The summed E-state index contributed by atoms with van der Waals surface area (Å²) in [5, 5.41) is 6.24. The van der Waals surface area contributed by atoms with Crippen molar-refractivity contribution in [3.8, 4) is 11.4 Å². The monoisotopic (exact) mass is 387 g/mol. The largest absolute Gasteiger partial charge is 0.416 e. The Hall–Kier alpha value is -3.16. The molecule has 28 heavy (non-hydrogen) atoms. The Morgan fingerprint density at radius 3 is 2.14 bits per heavy atom. The van der Waals surface area contributed by atoms with Gasteiger partial charge >= 0.3 is 6.18 Å². The molecule has 0 saturated carbocycles. The molecule has 0 atom stereocenters. The van der Waals surface area contributed by atoms with Crippen LogP contribution in [0.3, 0.4) is 0 Å². The molecular weight excluding hydrogens is 367 g/mol. The second kappa shape index (κ2) is 7.46. The first-order chi connectivity index (χ1) is 13.1. The average Bonchev–Trinajstić information content (AvgIpc) is 2.60. The van der Waals surface area contributed by atoms with E-state index >= 15 is 0 Å². The highest BCUT2D eigenvalue weighted by molar-refractivity contribution is 5.65. The van der Waals surface area contributed by atoms with Gasteiger partial charge in [0.05, 0.1) is 17.0 Å². The van der Waals surface area contributed by atoms with Crippen LogP contribution in [0.1, 0.15) is 26.3 Å². The molecule has 0 radical (unpaired) electrons. The van der Waals surface area contributed by atoms with Crippen LogP contribution in [0.15, 0.2) is 54.7 Å². The van der Waals surface area contributed by atoms with Gasteiger partial charge in [0.25, 0.3) is 0 Å². The molecule has 0 aliphatic heterocycles. The van der Waals surface area contributed by atoms with E-state index in [2.05, 4.69) is 25.6 Å². The van der Waals surface area contributed by atoms with E-state index in [0.717, 1.165) is 12.1 Å². The van der Waals surface area contributed by atoms with Crippen molar-refractivity contribution in [2.24, 2.45) is 0 Å². The van der Waals surface area contributed by atoms with Crippen molar-refractivity contribution in [1.82, 2.24) is 15.0 Å². The summed E-state index contributed by atoms with van der Waals surface area (Å²) in [6, 6.07) is 12.0. The van der Waals surface area contributed by atoms with Crippen molar-refractivity contribution in [3.05, 3.63) is 60.3 Å². The average molecular weight is 387 g/mol. The molecule has 0 spiro atoms. The minimum Gasteiger partial charge on any atom is -0.350 e. The van der Waals surface area contributed by atoms with E-state index in [1.54, 1.807) is 18.3 Å². The van der Waals surface area contributed by atoms with E-state index in [9.17, 15) is 13.2 Å². The Morgan fingerprint density at radius 1 is 0.857 bits per heavy atom. The van der Waals surface area contributed by atoms with Crippen LogP contribution in [0, 0.1) is 0 Å². The van der Waals surface area contributed by atoms with Crippen LogP contribution >= 0.6 is 0 Å². The lowest BCUT2D eigenvalue weighted by molar-refractivity contribution is -0.137. The molecule has 0 aliphatic carbocycles. The van der Waals surface area contributed by atoms with Gasteiger partial charge in [-0.25, -0.2) is 4.98 Å². The third kappa shape index (κ3) is 5.18. The van der Waals surface area contributed by atoms with Crippen molar-refractivity contribution >= 4 is 17.5 Å². The maximum atomic E-state index is 12.7. The van der Waals surface area contributed by atoms with Crippen molar-refractivity contribution < 1.29 is 13.2 Å². The lowest BCUT2D eigenvalue weighted by Crippen LogP contribution is -2.27. The second-order valence-electron chi connectivity index (χ2n) is 7.25. The molecule has 8 heteroatoms. The molecule has 3 rings (SSSR count). The first-order valence-electron chi connectivity index (χ1n) is 8.63. The molecule has 3 aromatic rings. The molecule has 0 fully saturated rings. The number of alkyl halides is 3. The maximum Gasteiger partial charge on any atom is 0.416 e. The Balaban J connectivity index is 1.94. The standard InChI is InChI=1S/C20H20F3N5/c1-19(2,3)28-18-26-16(15-6-4-5-11-24-15)12-17(27-18)25-14-9-7-13(8-10-14)20(21,22)23/h4-12H,1-3H3,(H2,25,26,27,28). The second-order valence-corrected chi connectivity index (χ2v) is 7.25. The van der Waals surface area contributed by atoms with Gasteiger partial charge < -0.3 is 10.6 Å². The molecule has 0 aliphatic rings. The number of hydrogen-bond acceptors (Lipinski definition) is 5. The maximum absolute atomic E-state index is 12.7. The fourth-order valence-electron chi connectivity index (χ4n) is 2.44. The molecule has 0 amide bonds. The van der Waals surface area contributed by atoms with Crippen molar-refractivity contribution in [2.45, 2.75) is 32.5 Å². The summed E-state index contributed by atoms with van der Waals surface area (Å²) in [5.41, 5.74) is 0.772. The molecule has 0 saturated heterocycles. The predicted molar refractivity (Wildman–Crippen MR) is 103 cm³/mol. The Morgan fingerprint density at radius 2 is 1.57 bits per heavy atom. The summed E-state index contributed by atoms with van der Waals surface area (Å²) < 4.78 is 38.2. The smallest absolute Gasteiger partial charge is 0.350 e. The minimum atomic E-state index is -4.37. The van der Waals surface area contributed by atoms with Crippen molar-refractivity contribution in [3.63, 3.8) is 0 Å². The van der Waals surface area contributed by atoms with E-state index in [1.165, 1.54) is 12.1 Å². The van der Waals surface area contributed by atoms with Gasteiger partial charge in [-0.15, -0.1) is 0 Å². The Bertz CT molecular complexity index is 933. The van der Waals surface area contributed by atoms with E-state index < -0.39 is 11.7 Å². The van der Waals surface area contributed by atoms with Gasteiger partial charge in [0, 0.05) is 23.5 Å². The van der Waals surface area contributed by atoms with E-state index in [-0.39, 0.29) is 5.54 Å². The number of rotatable bonds is 4. The summed E-state index contributed by atoms with van der Waals surface area (Å²) in [5.74, 6) is 0.840. The Labute approximate surface area is 161 Å². The highest BCUT2D eigenvalue weighted by atomic mass is 19.4. The van der Waals surface area contributed by atoms with Gasteiger partial charge in [0.1, 0.15) is 5.82 Å². The SMILES string of the molecule is CC(C)(C)Nc1nc(Nc2ccc(C(F)(F)F)cc2)cc(-c2ccccn2)n1. The number of anilines is 3. The molecule has 146 valence electrons. The highest BCUT2D eigenvalue weighted by Gasteiger charge is 2.29. The van der Waals surface area contributed by atoms with E-state index in [4.69, 9.17) is 0 Å². The predicted octanol–water partition coefficient (Wildman–Crippen LogP) is 5.51. The number of pyridine rings is 1. The van der Waals surface area contributed by atoms with Gasteiger partial charge in [-0.05, 0) is 57.2 Å². The van der Waals surface area contributed by atoms with Crippen LogP contribution in [0.4, 0.5) is 30.6 Å². The highest BCUT2D eigenvalue weighted by Crippen LogP contribution is 2.30. The molecule has 2 heterocycles. The third-order valence-electron chi connectivity index (χ3n) is 3.62. The van der Waals surface area contributed by atoms with Crippen LogP contribution in [0.5, 0.6) is 0 Å². The van der Waals surface area contributed by atoms with Gasteiger partial charge in [0.2, 0.25) is 5.95 Å². The van der Waals surface area contributed by atoms with Gasteiger partial charge in [-0.3, -0.25) is 4.98 Å². The third-order valence-corrected chi connectivity index (χ3v) is 3.62. The lowest BCUT2D eigenvalue weighted by atomic mass is 10.1. The normalized spacial score (nSPS) is 11.9. The number of aromatic nitrogens is 3. The van der Waals surface area contributed by atoms with Crippen LogP contribution in [0.2, 0.25) is 0 Å². The molecule has 5 nitrogen and oxygen atoms in total. The zero-order chi connectivity index (χ0) is 20.4. The summed E-state index contributed by atoms with van der Waals surface area (Å²) in [7, 11) is 0. The number of benzene rings is 1. The lowest BCUT2D eigenvalue weighted by Gasteiger charge is -2.21. The molecule has 2 aromatic heterocycles. The van der Waals surface area contributed by atoms with Crippen molar-refractivity contribution in [1.29, 1.82) is 0 Å². The zero-order valence-electron chi connectivity index (χ0n) is 15.7. The van der Waals surface area contributed by atoms with Gasteiger partial charge in [-0.1, -0.05) is 6.07 Å².